The zero-order chi connectivity index (χ0) is 15.8. The van der Waals surface area contributed by atoms with Crippen molar-refractivity contribution >= 4 is 12.1 Å². The molecule has 0 bridgehead atoms. The third-order valence-electron chi connectivity index (χ3n) is 2.93. The molecule has 1 atom stereocenters. The number of H-pyrrole nitrogens is 1. The first-order valence-electron chi connectivity index (χ1n) is 6.98. The lowest BCUT2D eigenvalue weighted by Crippen LogP contribution is -2.35. The molecular weight excluding hydrogens is 284 g/mol. The first kappa shape index (κ1) is 15.6. The molecule has 2 N–H and O–H groups in total. The number of rotatable bonds is 6. The zero-order valence-corrected chi connectivity index (χ0v) is 12.2. The minimum Gasteiger partial charge on any atom is -0.464 e. The van der Waals surface area contributed by atoms with Crippen molar-refractivity contribution in [3.63, 3.8) is 0 Å². The predicted molar refractivity (Wildman–Crippen MR) is 79.9 cm³/mol. The maximum absolute atomic E-state index is 11.9. The van der Waals surface area contributed by atoms with E-state index in [0.29, 0.717) is 5.69 Å². The summed E-state index contributed by atoms with van der Waals surface area (Å²) in [6.45, 7) is 2.07. The highest BCUT2D eigenvalue weighted by Crippen LogP contribution is 2.13. The Labute approximate surface area is 128 Å². The van der Waals surface area contributed by atoms with Crippen LogP contribution in [0.15, 0.2) is 48.7 Å². The maximum atomic E-state index is 11.9. The summed E-state index contributed by atoms with van der Waals surface area (Å²) in [6.07, 6.45) is 0.981. The average molecular weight is 302 g/mol. The third kappa shape index (κ3) is 4.37. The summed E-state index contributed by atoms with van der Waals surface area (Å²) in [5, 5.41) is 2.51. The largest absolute Gasteiger partial charge is 0.464 e. The van der Waals surface area contributed by atoms with Gasteiger partial charge in [-0.25, -0.2) is 9.59 Å². The Hall–Kier alpha value is -2.76. The van der Waals surface area contributed by atoms with Crippen LogP contribution in [0.25, 0.3) is 0 Å². The molecule has 6 heteroatoms. The molecule has 0 unspecified atom stereocenters. The third-order valence-corrected chi connectivity index (χ3v) is 2.93. The lowest BCUT2D eigenvalue weighted by molar-refractivity contribution is -0.145. The molecular formula is C16H18N2O4. The number of aromatic amines is 1. The zero-order valence-electron chi connectivity index (χ0n) is 12.2. The lowest BCUT2D eigenvalue weighted by Gasteiger charge is -2.16. The number of ether oxygens (including phenoxy) is 2. The van der Waals surface area contributed by atoms with Gasteiger partial charge in [0.05, 0.1) is 6.61 Å². The van der Waals surface area contributed by atoms with Gasteiger partial charge in [0, 0.05) is 11.9 Å². The van der Waals surface area contributed by atoms with E-state index in [9.17, 15) is 9.59 Å². The van der Waals surface area contributed by atoms with E-state index in [4.69, 9.17) is 9.47 Å². The molecule has 1 aromatic heterocycles. The SMILES string of the molecule is CCOC(=O)[C@@H](NC(=O)OCc1ccccc1)c1ccc[nH]1. The number of benzene rings is 1. The van der Waals surface area contributed by atoms with Crippen LogP contribution in [0.1, 0.15) is 24.2 Å². The van der Waals surface area contributed by atoms with Crippen molar-refractivity contribution < 1.29 is 19.1 Å². The number of carbonyl (C=O) groups is 2. The monoisotopic (exact) mass is 302 g/mol. The summed E-state index contributed by atoms with van der Waals surface area (Å²) in [5.74, 6) is -0.540. The van der Waals surface area contributed by atoms with Crippen LogP contribution >= 0.6 is 0 Å². The van der Waals surface area contributed by atoms with Crippen molar-refractivity contribution in [2.24, 2.45) is 0 Å². The molecule has 116 valence electrons. The molecule has 0 aliphatic heterocycles. The van der Waals surface area contributed by atoms with Crippen LogP contribution in [0.4, 0.5) is 4.79 Å². The highest BCUT2D eigenvalue weighted by Gasteiger charge is 2.25. The second-order valence-electron chi connectivity index (χ2n) is 4.52. The number of hydrogen-bond acceptors (Lipinski definition) is 4. The normalized spacial score (nSPS) is 11.5. The highest BCUT2D eigenvalue weighted by molar-refractivity contribution is 5.82. The molecule has 0 aliphatic rings. The molecule has 2 rings (SSSR count). The fourth-order valence-electron chi connectivity index (χ4n) is 1.90. The van der Waals surface area contributed by atoms with Crippen molar-refractivity contribution in [1.29, 1.82) is 0 Å². The molecule has 0 aliphatic carbocycles. The summed E-state index contributed by atoms with van der Waals surface area (Å²) < 4.78 is 10.1. The van der Waals surface area contributed by atoms with Crippen LogP contribution in [0.2, 0.25) is 0 Å². The van der Waals surface area contributed by atoms with Crippen molar-refractivity contribution in [3.05, 3.63) is 59.9 Å². The highest BCUT2D eigenvalue weighted by atomic mass is 16.6. The molecule has 22 heavy (non-hydrogen) atoms. The number of aromatic nitrogens is 1. The van der Waals surface area contributed by atoms with Crippen LogP contribution in [0.5, 0.6) is 0 Å². The molecule has 0 saturated carbocycles. The van der Waals surface area contributed by atoms with E-state index in [2.05, 4.69) is 10.3 Å². The first-order chi connectivity index (χ1) is 10.7. The van der Waals surface area contributed by atoms with Crippen molar-refractivity contribution in [3.8, 4) is 0 Å². The molecule has 0 saturated heterocycles. The summed E-state index contributed by atoms with van der Waals surface area (Å²) in [7, 11) is 0. The van der Waals surface area contributed by atoms with E-state index in [-0.39, 0.29) is 13.2 Å². The van der Waals surface area contributed by atoms with E-state index < -0.39 is 18.1 Å². The van der Waals surface area contributed by atoms with Gasteiger partial charge >= 0.3 is 12.1 Å². The van der Waals surface area contributed by atoms with Crippen LogP contribution in [0.3, 0.4) is 0 Å². The van der Waals surface area contributed by atoms with Gasteiger partial charge < -0.3 is 19.8 Å². The first-order valence-corrected chi connectivity index (χ1v) is 6.98. The van der Waals surface area contributed by atoms with E-state index in [1.807, 2.05) is 30.3 Å². The number of hydrogen-bond donors (Lipinski definition) is 2. The van der Waals surface area contributed by atoms with Crippen LogP contribution in [-0.2, 0) is 20.9 Å². The van der Waals surface area contributed by atoms with Crippen molar-refractivity contribution in [1.82, 2.24) is 10.3 Å². The molecule has 0 spiro atoms. The Morgan fingerprint density at radius 3 is 2.55 bits per heavy atom. The van der Waals surface area contributed by atoms with Crippen molar-refractivity contribution in [2.45, 2.75) is 19.6 Å². The van der Waals surface area contributed by atoms with Gasteiger partial charge in [0.2, 0.25) is 0 Å². The van der Waals surface area contributed by atoms with E-state index in [0.717, 1.165) is 5.56 Å². The predicted octanol–water partition coefficient (Wildman–Crippen LogP) is 2.55. The summed E-state index contributed by atoms with van der Waals surface area (Å²) in [6, 6.07) is 11.8. The fraction of sp³-hybridized carbons (Fsp3) is 0.250. The van der Waals surface area contributed by atoms with Gasteiger partial charge in [-0.2, -0.15) is 0 Å². The van der Waals surface area contributed by atoms with Gasteiger partial charge in [0.1, 0.15) is 6.61 Å². The average Bonchev–Trinajstić information content (AvgIpc) is 3.06. The van der Waals surface area contributed by atoms with Gasteiger partial charge in [-0.3, -0.25) is 0 Å². The molecule has 2 aromatic rings. The Morgan fingerprint density at radius 2 is 1.91 bits per heavy atom. The number of carbonyl (C=O) groups excluding carboxylic acids is 2. The van der Waals surface area contributed by atoms with E-state index >= 15 is 0 Å². The fourth-order valence-corrected chi connectivity index (χ4v) is 1.90. The Balaban J connectivity index is 1.95. The Morgan fingerprint density at radius 1 is 1.14 bits per heavy atom. The minimum atomic E-state index is -0.918. The molecule has 6 nitrogen and oxygen atoms in total. The van der Waals surface area contributed by atoms with Crippen LogP contribution < -0.4 is 5.32 Å². The molecule has 1 aromatic carbocycles. The number of alkyl carbamates (subject to hydrolysis) is 1. The smallest absolute Gasteiger partial charge is 0.408 e. The van der Waals surface area contributed by atoms with Gasteiger partial charge in [0.15, 0.2) is 6.04 Å². The van der Waals surface area contributed by atoms with Gasteiger partial charge in [-0.1, -0.05) is 30.3 Å². The summed E-state index contributed by atoms with van der Waals surface area (Å²) in [5.41, 5.74) is 1.40. The Kier molecular flexibility index (Phi) is 5.59. The number of esters is 1. The lowest BCUT2D eigenvalue weighted by atomic mass is 10.2. The van der Waals surface area contributed by atoms with Crippen molar-refractivity contribution in [2.75, 3.05) is 6.61 Å². The Bertz CT molecular complexity index is 596. The quantitative estimate of drug-likeness (QED) is 0.804. The molecule has 1 amide bonds. The maximum Gasteiger partial charge on any atom is 0.408 e. The minimum absolute atomic E-state index is 0.132. The van der Waals surface area contributed by atoms with Crippen LogP contribution in [0, 0.1) is 0 Å². The summed E-state index contributed by atoms with van der Waals surface area (Å²) in [4.78, 5) is 26.7. The second kappa shape index (κ2) is 7.87. The molecule has 1 heterocycles. The standard InChI is InChI=1S/C16H18N2O4/c1-2-21-15(19)14(13-9-6-10-17-13)18-16(20)22-11-12-7-4-3-5-8-12/h3-10,14,17H,2,11H2,1H3,(H,18,20)/t14-/m0/s1. The number of amides is 1. The van der Waals surface area contributed by atoms with Gasteiger partial charge in [-0.15, -0.1) is 0 Å². The molecule has 0 radical (unpaired) electrons. The van der Waals surface area contributed by atoms with E-state index in [1.54, 1.807) is 25.3 Å². The second-order valence-corrected chi connectivity index (χ2v) is 4.52. The van der Waals surface area contributed by atoms with Crippen LogP contribution in [-0.4, -0.2) is 23.7 Å². The van der Waals surface area contributed by atoms with Gasteiger partial charge in [-0.05, 0) is 24.6 Å². The topological polar surface area (TPSA) is 80.4 Å². The number of nitrogens with one attached hydrogen (secondary N) is 2. The molecule has 0 fully saturated rings. The summed E-state index contributed by atoms with van der Waals surface area (Å²) >= 11 is 0. The van der Waals surface area contributed by atoms with E-state index in [1.165, 1.54) is 0 Å². The van der Waals surface area contributed by atoms with Gasteiger partial charge in [0.25, 0.3) is 0 Å².